The van der Waals surface area contributed by atoms with Gasteiger partial charge in [-0.25, -0.2) is 4.79 Å². The van der Waals surface area contributed by atoms with Crippen LogP contribution in [-0.4, -0.2) is 30.7 Å². The molecule has 0 unspecified atom stereocenters. The summed E-state index contributed by atoms with van der Waals surface area (Å²) >= 11 is 0. The fraction of sp³-hybridized carbons (Fsp3) is 0.389. The molecule has 0 bridgehead atoms. The second-order valence-electron chi connectivity index (χ2n) is 6.55. The van der Waals surface area contributed by atoms with E-state index in [1.54, 1.807) is 26.8 Å². The number of para-hydroxylation sites is 1. The molecular formula is C18H21F3N4O3. The molecule has 0 atom stereocenters. The Morgan fingerprint density at radius 1 is 1.18 bits per heavy atom. The van der Waals surface area contributed by atoms with Crippen molar-refractivity contribution >= 4 is 17.7 Å². The average molecular weight is 398 g/mol. The highest BCUT2D eigenvalue weighted by Gasteiger charge is 2.33. The Bertz CT molecular complexity index is 778. The molecule has 0 fully saturated rings. The Morgan fingerprint density at radius 3 is 2.39 bits per heavy atom. The number of rotatable bonds is 6. The Balaban J connectivity index is 2.61. The van der Waals surface area contributed by atoms with E-state index >= 15 is 0 Å². The summed E-state index contributed by atoms with van der Waals surface area (Å²) in [7, 11) is 0. The lowest BCUT2D eigenvalue weighted by molar-refractivity contribution is -0.137. The first kappa shape index (κ1) is 22.8. The molecule has 1 rings (SSSR count). The Labute approximate surface area is 160 Å². The number of benzene rings is 1. The summed E-state index contributed by atoms with van der Waals surface area (Å²) in [5, 5.41) is 16.2. The predicted octanol–water partition coefficient (Wildman–Crippen LogP) is 3.17. The molecule has 28 heavy (non-hydrogen) atoms. The number of carbonyl (C=O) groups is 2. The number of nitrogens with zero attached hydrogens (tertiary/aromatic N) is 1. The van der Waals surface area contributed by atoms with Crippen molar-refractivity contribution in [3.05, 3.63) is 41.6 Å². The van der Waals surface area contributed by atoms with Crippen LogP contribution in [0.1, 0.15) is 26.3 Å². The molecule has 152 valence electrons. The van der Waals surface area contributed by atoms with Crippen molar-refractivity contribution in [3.63, 3.8) is 0 Å². The number of nitrogens with one attached hydrogen (secondary N) is 3. The quantitative estimate of drug-likeness (QED) is 0.388. The van der Waals surface area contributed by atoms with Gasteiger partial charge in [0.25, 0.3) is 5.91 Å². The molecule has 3 N–H and O–H groups in total. The van der Waals surface area contributed by atoms with E-state index < -0.39 is 40.6 Å². The summed E-state index contributed by atoms with van der Waals surface area (Å²) < 4.78 is 43.9. The van der Waals surface area contributed by atoms with E-state index in [-0.39, 0.29) is 13.1 Å². The molecule has 0 saturated heterocycles. The van der Waals surface area contributed by atoms with E-state index in [0.717, 1.165) is 18.3 Å². The van der Waals surface area contributed by atoms with Crippen LogP contribution in [-0.2, 0) is 15.7 Å². The first-order valence-corrected chi connectivity index (χ1v) is 8.22. The maximum absolute atomic E-state index is 12.9. The largest absolute Gasteiger partial charge is 0.444 e. The summed E-state index contributed by atoms with van der Waals surface area (Å²) in [5.74, 6) is -0.994. The topological polar surface area (TPSA) is 103 Å². The van der Waals surface area contributed by atoms with Gasteiger partial charge in [0.05, 0.1) is 11.3 Å². The van der Waals surface area contributed by atoms with Crippen LogP contribution in [0, 0.1) is 11.3 Å². The van der Waals surface area contributed by atoms with Crippen LogP contribution in [0.4, 0.5) is 23.7 Å². The van der Waals surface area contributed by atoms with E-state index in [1.807, 2.05) is 0 Å². The monoisotopic (exact) mass is 398 g/mol. The van der Waals surface area contributed by atoms with Gasteiger partial charge in [-0.1, -0.05) is 12.1 Å². The Morgan fingerprint density at radius 2 is 1.82 bits per heavy atom. The van der Waals surface area contributed by atoms with Gasteiger partial charge in [-0.05, 0) is 32.9 Å². The van der Waals surface area contributed by atoms with Crippen LogP contribution < -0.4 is 16.0 Å². The number of anilines is 1. The Kier molecular flexibility index (Phi) is 7.86. The van der Waals surface area contributed by atoms with Crippen LogP contribution in [0.2, 0.25) is 0 Å². The van der Waals surface area contributed by atoms with Crippen molar-refractivity contribution in [2.75, 3.05) is 18.4 Å². The van der Waals surface area contributed by atoms with Crippen LogP contribution in [0.15, 0.2) is 36.0 Å². The number of alkyl carbamates (subject to hydrolysis) is 1. The summed E-state index contributed by atoms with van der Waals surface area (Å²) in [5.41, 5.74) is -2.53. The van der Waals surface area contributed by atoms with Gasteiger partial charge in [0.2, 0.25) is 0 Å². The molecule has 2 amide bonds. The maximum atomic E-state index is 12.9. The van der Waals surface area contributed by atoms with Gasteiger partial charge in [-0.15, -0.1) is 0 Å². The van der Waals surface area contributed by atoms with E-state index in [1.165, 1.54) is 12.1 Å². The fourth-order valence-electron chi connectivity index (χ4n) is 1.90. The van der Waals surface area contributed by atoms with E-state index in [2.05, 4.69) is 16.0 Å². The first-order chi connectivity index (χ1) is 12.9. The summed E-state index contributed by atoms with van der Waals surface area (Å²) in [6.45, 7) is 5.44. The van der Waals surface area contributed by atoms with Crippen molar-refractivity contribution in [1.29, 1.82) is 5.26 Å². The average Bonchev–Trinajstić information content (AvgIpc) is 2.56. The van der Waals surface area contributed by atoms with Gasteiger partial charge in [0.1, 0.15) is 17.2 Å². The molecule has 0 aliphatic rings. The first-order valence-electron chi connectivity index (χ1n) is 8.22. The lowest BCUT2D eigenvalue weighted by atomic mass is 10.1. The third kappa shape index (κ3) is 7.99. The molecule has 7 nitrogen and oxygen atoms in total. The van der Waals surface area contributed by atoms with Crippen molar-refractivity contribution < 1.29 is 27.5 Å². The molecule has 10 heteroatoms. The zero-order valence-electron chi connectivity index (χ0n) is 15.6. The molecule has 0 heterocycles. The number of alkyl halides is 3. The number of nitriles is 1. The van der Waals surface area contributed by atoms with E-state index in [9.17, 15) is 22.8 Å². The second kappa shape index (κ2) is 9.64. The zero-order valence-corrected chi connectivity index (χ0v) is 15.6. The number of hydrogen-bond acceptors (Lipinski definition) is 5. The lowest BCUT2D eigenvalue weighted by Crippen LogP contribution is -2.35. The minimum atomic E-state index is -4.65. The lowest BCUT2D eigenvalue weighted by Gasteiger charge is -2.19. The number of hydrogen-bond donors (Lipinski definition) is 3. The molecule has 0 spiro atoms. The van der Waals surface area contributed by atoms with E-state index in [4.69, 9.17) is 10.00 Å². The molecular weight excluding hydrogens is 377 g/mol. The molecule has 0 aliphatic heterocycles. The third-order valence-electron chi connectivity index (χ3n) is 3.03. The highest BCUT2D eigenvalue weighted by molar-refractivity contribution is 6.06. The fourth-order valence-corrected chi connectivity index (χ4v) is 1.90. The summed E-state index contributed by atoms with van der Waals surface area (Å²) in [6.07, 6.45) is -4.21. The van der Waals surface area contributed by atoms with Gasteiger partial charge in [-0.3, -0.25) is 4.79 Å². The van der Waals surface area contributed by atoms with Crippen molar-refractivity contribution in [1.82, 2.24) is 10.6 Å². The van der Waals surface area contributed by atoms with Crippen LogP contribution in [0.5, 0.6) is 0 Å². The maximum Gasteiger partial charge on any atom is 0.418 e. The smallest absolute Gasteiger partial charge is 0.418 e. The van der Waals surface area contributed by atoms with Gasteiger partial charge in [0.15, 0.2) is 0 Å². The molecule has 1 aromatic rings. The van der Waals surface area contributed by atoms with Crippen molar-refractivity contribution in [2.24, 2.45) is 0 Å². The molecule has 0 aliphatic carbocycles. The van der Waals surface area contributed by atoms with Gasteiger partial charge in [-0.2, -0.15) is 18.4 Å². The molecule has 0 aromatic heterocycles. The summed E-state index contributed by atoms with van der Waals surface area (Å²) in [4.78, 5) is 23.5. The predicted molar refractivity (Wildman–Crippen MR) is 96.0 cm³/mol. The van der Waals surface area contributed by atoms with Gasteiger partial charge in [0, 0.05) is 19.3 Å². The second-order valence-corrected chi connectivity index (χ2v) is 6.55. The van der Waals surface area contributed by atoms with Crippen LogP contribution in [0.25, 0.3) is 0 Å². The van der Waals surface area contributed by atoms with Gasteiger partial charge >= 0.3 is 12.3 Å². The van der Waals surface area contributed by atoms with E-state index in [0.29, 0.717) is 0 Å². The molecule has 0 radical (unpaired) electrons. The highest BCUT2D eigenvalue weighted by Crippen LogP contribution is 2.34. The highest BCUT2D eigenvalue weighted by atomic mass is 19.4. The number of carbonyl (C=O) groups excluding carboxylic acids is 2. The number of amides is 2. The third-order valence-corrected chi connectivity index (χ3v) is 3.03. The minimum Gasteiger partial charge on any atom is -0.444 e. The van der Waals surface area contributed by atoms with Gasteiger partial charge < -0.3 is 20.7 Å². The van der Waals surface area contributed by atoms with Crippen LogP contribution >= 0.6 is 0 Å². The number of ether oxygens (including phenoxy) is 1. The normalized spacial score (nSPS) is 12.0. The molecule has 0 saturated carbocycles. The zero-order chi connectivity index (χ0) is 21.4. The molecule has 1 aromatic carbocycles. The number of halogens is 3. The van der Waals surface area contributed by atoms with Crippen LogP contribution in [0.3, 0.4) is 0 Å². The SMILES string of the molecule is CC(C)(C)OC(=O)NCCN/C=C(/C#N)C(=O)Nc1ccccc1C(F)(F)F. The Hall–Kier alpha value is -3.22. The minimum absolute atomic E-state index is 0.142. The standard InChI is InChI=1S/C18H21F3N4O3/c1-17(2,3)28-16(27)24-9-8-23-11-12(10-22)15(26)25-14-7-5-4-6-13(14)18(19,20)21/h4-7,11,23H,8-9H2,1-3H3,(H,24,27)(H,25,26)/b12-11-. The summed E-state index contributed by atoms with van der Waals surface area (Å²) in [6, 6.07) is 6.05. The van der Waals surface area contributed by atoms with Crippen molar-refractivity contribution in [2.45, 2.75) is 32.5 Å². The van der Waals surface area contributed by atoms with Crippen molar-refractivity contribution in [3.8, 4) is 6.07 Å².